The molecule has 1 aromatic heterocycles. The molecule has 4 heteroatoms. The van der Waals surface area contributed by atoms with Crippen LogP contribution in [0.5, 0.6) is 0 Å². The Morgan fingerprint density at radius 3 is 3.12 bits per heavy atom. The van der Waals surface area contributed by atoms with Gasteiger partial charge < -0.3 is 10.1 Å². The van der Waals surface area contributed by atoms with E-state index in [1.165, 1.54) is 28.4 Å². The van der Waals surface area contributed by atoms with Crippen molar-refractivity contribution in [2.45, 2.75) is 44.8 Å². The van der Waals surface area contributed by atoms with Gasteiger partial charge in [0.25, 0.3) is 0 Å². The molecule has 16 heavy (non-hydrogen) atoms. The molecule has 2 rings (SSSR count). The van der Waals surface area contributed by atoms with Crippen LogP contribution in [-0.2, 0) is 17.6 Å². The number of hydrogen-bond acceptors (Lipinski definition) is 4. The van der Waals surface area contributed by atoms with Crippen molar-refractivity contribution in [1.82, 2.24) is 10.3 Å². The summed E-state index contributed by atoms with van der Waals surface area (Å²) >= 11 is 1.86. The van der Waals surface area contributed by atoms with Crippen LogP contribution in [0.2, 0.25) is 0 Å². The van der Waals surface area contributed by atoms with E-state index in [4.69, 9.17) is 9.72 Å². The van der Waals surface area contributed by atoms with Gasteiger partial charge in [-0.05, 0) is 33.2 Å². The van der Waals surface area contributed by atoms with Crippen LogP contribution >= 0.6 is 11.3 Å². The standard InChI is InChI=1S/C12H20N2OS/c1-8(15-3)7-11-14-10-6-4-5-9(13-2)12(10)16-11/h8-9,13H,4-7H2,1-3H3. The van der Waals surface area contributed by atoms with Crippen LogP contribution < -0.4 is 5.32 Å². The summed E-state index contributed by atoms with van der Waals surface area (Å²) in [6, 6.07) is 0.521. The van der Waals surface area contributed by atoms with Crippen LogP contribution in [0, 0.1) is 0 Å². The van der Waals surface area contributed by atoms with Crippen LogP contribution in [0.3, 0.4) is 0 Å². The zero-order valence-electron chi connectivity index (χ0n) is 10.2. The number of aryl methyl sites for hydroxylation is 1. The average molecular weight is 240 g/mol. The van der Waals surface area contributed by atoms with Crippen molar-refractivity contribution in [2.75, 3.05) is 14.2 Å². The Bertz CT molecular complexity index is 351. The predicted molar refractivity (Wildman–Crippen MR) is 67.0 cm³/mol. The Balaban J connectivity index is 2.15. The molecule has 1 aliphatic carbocycles. The lowest BCUT2D eigenvalue weighted by Gasteiger charge is -2.20. The molecule has 1 aliphatic rings. The largest absolute Gasteiger partial charge is 0.381 e. The summed E-state index contributed by atoms with van der Waals surface area (Å²) in [6.07, 6.45) is 4.84. The van der Waals surface area contributed by atoms with Gasteiger partial charge in [0.15, 0.2) is 0 Å². The average Bonchev–Trinajstić information content (AvgIpc) is 2.70. The zero-order valence-corrected chi connectivity index (χ0v) is 11.1. The molecule has 0 saturated heterocycles. The number of ether oxygens (including phenoxy) is 1. The lowest BCUT2D eigenvalue weighted by Crippen LogP contribution is -2.19. The van der Waals surface area contributed by atoms with E-state index in [2.05, 4.69) is 12.2 Å². The van der Waals surface area contributed by atoms with Crippen LogP contribution in [-0.4, -0.2) is 25.2 Å². The Kier molecular flexibility index (Phi) is 3.95. The molecule has 0 bridgehead atoms. The van der Waals surface area contributed by atoms with Gasteiger partial charge in [-0.15, -0.1) is 11.3 Å². The van der Waals surface area contributed by atoms with Gasteiger partial charge in [-0.1, -0.05) is 0 Å². The predicted octanol–water partition coefficient (Wildman–Crippen LogP) is 2.32. The van der Waals surface area contributed by atoms with Gasteiger partial charge in [0.2, 0.25) is 0 Å². The highest BCUT2D eigenvalue weighted by Crippen LogP contribution is 2.34. The Morgan fingerprint density at radius 1 is 1.62 bits per heavy atom. The second-order valence-corrected chi connectivity index (χ2v) is 5.52. The smallest absolute Gasteiger partial charge is 0.0957 e. The number of hydrogen-bond donors (Lipinski definition) is 1. The van der Waals surface area contributed by atoms with E-state index in [1.807, 2.05) is 18.4 Å². The minimum absolute atomic E-state index is 0.264. The first-order valence-electron chi connectivity index (χ1n) is 5.93. The number of aromatic nitrogens is 1. The quantitative estimate of drug-likeness (QED) is 0.877. The molecule has 2 atom stereocenters. The van der Waals surface area contributed by atoms with E-state index < -0.39 is 0 Å². The van der Waals surface area contributed by atoms with Crippen molar-refractivity contribution in [1.29, 1.82) is 0 Å². The third-order valence-electron chi connectivity index (χ3n) is 3.21. The van der Waals surface area contributed by atoms with Gasteiger partial charge >= 0.3 is 0 Å². The summed E-state index contributed by atoms with van der Waals surface area (Å²) in [5.41, 5.74) is 1.31. The molecule has 90 valence electrons. The first kappa shape index (κ1) is 12.0. The summed E-state index contributed by atoms with van der Waals surface area (Å²) < 4.78 is 5.29. The van der Waals surface area contributed by atoms with Gasteiger partial charge in [-0.3, -0.25) is 0 Å². The Morgan fingerprint density at radius 2 is 2.44 bits per heavy atom. The highest BCUT2D eigenvalue weighted by atomic mass is 32.1. The van der Waals surface area contributed by atoms with E-state index in [9.17, 15) is 0 Å². The third-order valence-corrected chi connectivity index (χ3v) is 4.44. The molecule has 0 aliphatic heterocycles. The van der Waals surface area contributed by atoms with Crippen LogP contribution in [0.4, 0.5) is 0 Å². The second-order valence-electron chi connectivity index (χ2n) is 4.40. The highest BCUT2D eigenvalue weighted by Gasteiger charge is 2.23. The molecule has 0 aromatic carbocycles. The van der Waals surface area contributed by atoms with Crippen LogP contribution in [0.15, 0.2) is 0 Å². The van der Waals surface area contributed by atoms with E-state index in [1.54, 1.807) is 7.11 Å². The van der Waals surface area contributed by atoms with E-state index in [-0.39, 0.29) is 6.10 Å². The van der Waals surface area contributed by atoms with Crippen LogP contribution in [0.25, 0.3) is 0 Å². The minimum atomic E-state index is 0.264. The van der Waals surface area contributed by atoms with Crippen molar-refractivity contribution in [2.24, 2.45) is 0 Å². The fourth-order valence-corrected chi connectivity index (χ4v) is 3.53. The highest BCUT2D eigenvalue weighted by molar-refractivity contribution is 7.11. The van der Waals surface area contributed by atoms with E-state index in [0.717, 1.165) is 12.8 Å². The van der Waals surface area contributed by atoms with Crippen molar-refractivity contribution in [3.05, 3.63) is 15.6 Å². The lowest BCUT2D eigenvalue weighted by molar-refractivity contribution is 0.118. The maximum absolute atomic E-state index is 5.29. The Labute approximate surface area is 101 Å². The lowest BCUT2D eigenvalue weighted by atomic mass is 9.98. The molecule has 0 amide bonds. The number of fused-ring (bicyclic) bond motifs is 1. The number of methoxy groups -OCH3 is 1. The summed E-state index contributed by atoms with van der Waals surface area (Å²) in [7, 11) is 3.80. The third kappa shape index (κ3) is 2.44. The Hall–Kier alpha value is -0.450. The zero-order chi connectivity index (χ0) is 11.5. The molecule has 0 spiro atoms. The van der Waals surface area contributed by atoms with Crippen LogP contribution in [0.1, 0.15) is 41.4 Å². The number of nitrogens with one attached hydrogen (secondary N) is 1. The fraction of sp³-hybridized carbons (Fsp3) is 0.750. The topological polar surface area (TPSA) is 34.2 Å². The minimum Gasteiger partial charge on any atom is -0.381 e. The molecule has 0 radical (unpaired) electrons. The van der Waals surface area contributed by atoms with Gasteiger partial charge in [0, 0.05) is 24.4 Å². The summed E-state index contributed by atoms with van der Waals surface area (Å²) in [4.78, 5) is 6.19. The summed E-state index contributed by atoms with van der Waals surface area (Å²) in [6.45, 7) is 2.09. The van der Waals surface area contributed by atoms with Crippen molar-refractivity contribution in [3.63, 3.8) is 0 Å². The summed E-state index contributed by atoms with van der Waals surface area (Å²) in [5, 5.41) is 4.60. The first-order chi connectivity index (χ1) is 7.74. The van der Waals surface area contributed by atoms with Crippen molar-refractivity contribution >= 4 is 11.3 Å². The van der Waals surface area contributed by atoms with Gasteiger partial charge in [-0.2, -0.15) is 0 Å². The van der Waals surface area contributed by atoms with Gasteiger partial charge in [-0.25, -0.2) is 4.98 Å². The molecule has 0 fully saturated rings. The SMILES string of the molecule is CNC1CCCc2nc(CC(C)OC)sc21. The molecule has 1 heterocycles. The maximum atomic E-state index is 5.29. The van der Waals surface area contributed by atoms with Gasteiger partial charge in [0.05, 0.1) is 16.8 Å². The molecular weight excluding hydrogens is 220 g/mol. The molecule has 3 nitrogen and oxygen atoms in total. The first-order valence-corrected chi connectivity index (χ1v) is 6.74. The van der Waals surface area contributed by atoms with E-state index in [0.29, 0.717) is 6.04 Å². The van der Waals surface area contributed by atoms with Crippen molar-refractivity contribution in [3.8, 4) is 0 Å². The number of nitrogens with zero attached hydrogens (tertiary/aromatic N) is 1. The number of thiazole rings is 1. The van der Waals surface area contributed by atoms with E-state index >= 15 is 0 Å². The molecule has 1 aromatic rings. The normalized spacial score (nSPS) is 21.8. The molecule has 0 saturated carbocycles. The second kappa shape index (κ2) is 5.25. The molecule has 2 unspecified atom stereocenters. The number of rotatable bonds is 4. The van der Waals surface area contributed by atoms with Gasteiger partial charge in [0.1, 0.15) is 0 Å². The monoisotopic (exact) mass is 240 g/mol. The summed E-state index contributed by atoms with van der Waals surface area (Å²) in [5.74, 6) is 0. The fourth-order valence-electron chi connectivity index (χ4n) is 2.16. The van der Waals surface area contributed by atoms with Crippen molar-refractivity contribution < 1.29 is 4.74 Å². The molecular formula is C12H20N2OS. The maximum Gasteiger partial charge on any atom is 0.0957 e. The molecule has 1 N–H and O–H groups in total.